The second-order valence-electron chi connectivity index (χ2n) is 10.1. The van der Waals surface area contributed by atoms with Crippen LogP contribution < -0.4 is 9.47 Å². The first-order valence-electron chi connectivity index (χ1n) is 14.4. The van der Waals surface area contributed by atoms with E-state index in [9.17, 15) is 0 Å². The van der Waals surface area contributed by atoms with Crippen molar-refractivity contribution in [1.29, 1.82) is 0 Å². The zero-order chi connectivity index (χ0) is 27.4. The van der Waals surface area contributed by atoms with E-state index in [2.05, 4.69) is 100 Å². The fourth-order valence-electron chi connectivity index (χ4n) is 4.62. The maximum atomic E-state index is 6.33. The van der Waals surface area contributed by atoms with E-state index in [1.165, 1.54) is 88.2 Å². The predicted octanol–water partition coefficient (Wildman–Crippen LogP) is 11.6. The number of alkyl halides is 4. The van der Waals surface area contributed by atoms with Gasteiger partial charge in [-0.05, 0) is 61.8 Å². The summed E-state index contributed by atoms with van der Waals surface area (Å²) >= 11 is 14.9. The quantitative estimate of drug-likeness (QED) is 0.0673. The van der Waals surface area contributed by atoms with Crippen molar-refractivity contribution >= 4 is 63.7 Å². The van der Waals surface area contributed by atoms with Crippen LogP contribution in [0.4, 0.5) is 0 Å². The molecule has 0 aliphatic rings. The number of para-hydroxylation sites is 2. The van der Waals surface area contributed by atoms with E-state index in [0.717, 1.165) is 35.0 Å². The molecule has 2 aromatic carbocycles. The Morgan fingerprint density at radius 1 is 0.553 bits per heavy atom. The Morgan fingerprint density at radius 3 is 1.34 bits per heavy atom. The fourth-order valence-corrected chi connectivity index (χ4v) is 6.76. The van der Waals surface area contributed by atoms with Crippen molar-refractivity contribution in [1.82, 2.24) is 0 Å². The molecule has 0 bridgehead atoms. The van der Waals surface area contributed by atoms with Crippen LogP contribution >= 0.6 is 63.7 Å². The molecule has 0 amide bonds. The number of hydrogen-bond acceptors (Lipinski definition) is 2. The summed E-state index contributed by atoms with van der Waals surface area (Å²) in [5, 5.41) is 2.24. The highest BCUT2D eigenvalue weighted by Crippen LogP contribution is 2.28. The SMILES string of the molecule is CC(Oc1ccccc1CC(Br)CCCCCCCBr)Oc1ccccc1CC(Br)CCCCCCCBr. The Labute approximate surface area is 265 Å². The minimum absolute atomic E-state index is 0.372. The first-order valence-corrected chi connectivity index (χ1v) is 18.5. The second-order valence-corrected chi connectivity index (χ2v) is 14.3. The molecule has 38 heavy (non-hydrogen) atoms. The highest BCUT2D eigenvalue weighted by molar-refractivity contribution is 9.10. The van der Waals surface area contributed by atoms with Gasteiger partial charge in [0.2, 0.25) is 6.29 Å². The Balaban J connectivity index is 1.83. The molecule has 0 aliphatic carbocycles. The summed E-state index contributed by atoms with van der Waals surface area (Å²) < 4.78 is 12.7. The van der Waals surface area contributed by atoms with Gasteiger partial charge in [-0.1, -0.05) is 151 Å². The molecule has 2 unspecified atom stereocenters. The molecular formula is C32H46Br4O2. The Hall–Kier alpha value is -0.0400. The molecule has 2 atom stereocenters. The van der Waals surface area contributed by atoms with Gasteiger partial charge in [0, 0.05) is 27.2 Å². The van der Waals surface area contributed by atoms with Gasteiger partial charge in [-0.25, -0.2) is 0 Å². The van der Waals surface area contributed by atoms with Gasteiger partial charge in [0.25, 0.3) is 0 Å². The molecule has 0 aromatic heterocycles. The molecule has 0 radical (unpaired) electrons. The van der Waals surface area contributed by atoms with Crippen LogP contribution in [0.25, 0.3) is 0 Å². The van der Waals surface area contributed by atoms with Gasteiger partial charge in [-0.3, -0.25) is 0 Å². The summed E-state index contributed by atoms with van der Waals surface area (Å²) in [6, 6.07) is 16.8. The van der Waals surface area contributed by atoms with Crippen molar-refractivity contribution in [3.8, 4) is 11.5 Å². The summed E-state index contributed by atoms with van der Waals surface area (Å²) in [5.74, 6) is 1.83. The van der Waals surface area contributed by atoms with Gasteiger partial charge < -0.3 is 9.47 Å². The molecule has 0 spiro atoms. The number of rotatable bonds is 22. The van der Waals surface area contributed by atoms with E-state index in [-0.39, 0.29) is 6.29 Å². The molecule has 214 valence electrons. The Morgan fingerprint density at radius 2 is 0.921 bits per heavy atom. The highest BCUT2D eigenvalue weighted by Gasteiger charge is 2.15. The smallest absolute Gasteiger partial charge is 0.238 e. The van der Waals surface area contributed by atoms with Crippen molar-refractivity contribution < 1.29 is 9.47 Å². The van der Waals surface area contributed by atoms with Crippen molar-refractivity contribution in [2.75, 3.05) is 10.7 Å². The lowest BCUT2D eigenvalue weighted by atomic mass is 10.0. The van der Waals surface area contributed by atoms with E-state index in [1.54, 1.807) is 0 Å². The predicted molar refractivity (Wildman–Crippen MR) is 179 cm³/mol. The standard InChI is InChI=1S/C32H46Br4O2/c1-26(37-31-20-12-10-16-27(31)24-29(35)18-8-4-2-6-14-22-33)38-32-21-13-11-17-28(32)25-30(36)19-9-5-3-7-15-23-34/h10-13,16-17,20-21,26,29-30H,2-9,14-15,18-19,22-25H2,1H3. The first-order chi connectivity index (χ1) is 18.5. The lowest BCUT2D eigenvalue weighted by molar-refractivity contribution is 0.0208. The molecule has 2 aromatic rings. The van der Waals surface area contributed by atoms with E-state index in [4.69, 9.17) is 9.47 Å². The van der Waals surface area contributed by atoms with Crippen LogP contribution in [-0.4, -0.2) is 26.6 Å². The Bertz CT molecular complexity index is 793. The summed E-state index contributed by atoms with van der Waals surface area (Å²) in [6.45, 7) is 1.99. The van der Waals surface area contributed by atoms with Crippen molar-refractivity contribution in [2.24, 2.45) is 0 Å². The number of hydrogen-bond donors (Lipinski definition) is 0. The molecule has 6 heteroatoms. The average Bonchev–Trinajstić information content (AvgIpc) is 2.90. The third-order valence-corrected chi connectivity index (χ3v) is 9.40. The van der Waals surface area contributed by atoms with Crippen LogP contribution in [0.1, 0.15) is 95.1 Å². The van der Waals surface area contributed by atoms with Gasteiger partial charge in [-0.15, -0.1) is 0 Å². The lowest BCUT2D eigenvalue weighted by Gasteiger charge is -2.21. The fraction of sp³-hybridized carbons (Fsp3) is 0.625. The largest absolute Gasteiger partial charge is 0.455 e. The number of unbranched alkanes of at least 4 members (excludes halogenated alkanes) is 8. The van der Waals surface area contributed by atoms with Crippen LogP contribution in [0.2, 0.25) is 0 Å². The minimum Gasteiger partial charge on any atom is -0.455 e. The maximum Gasteiger partial charge on any atom is 0.238 e. The van der Waals surface area contributed by atoms with Gasteiger partial charge in [-0.2, -0.15) is 0 Å². The summed E-state index contributed by atoms with van der Waals surface area (Å²) in [5.41, 5.74) is 2.46. The minimum atomic E-state index is -0.372. The molecule has 0 heterocycles. The number of benzene rings is 2. The van der Waals surface area contributed by atoms with Crippen LogP contribution in [-0.2, 0) is 12.8 Å². The van der Waals surface area contributed by atoms with Crippen LogP contribution in [0, 0.1) is 0 Å². The average molecular weight is 782 g/mol. The van der Waals surface area contributed by atoms with Crippen molar-refractivity contribution in [2.45, 2.75) is 113 Å². The van der Waals surface area contributed by atoms with Crippen LogP contribution in [0.5, 0.6) is 11.5 Å². The molecule has 0 aliphatic heterocycles. The molecule has 2 rings (SSSR count). The maximum absolute atomic E-state index is 6.33. The topological polar surface area (TPSA) is 18.5 Å². The number of halogens is 4. The van der Waals surface area contributed by atoms with Gasteiger partial charge in [0.05, 0.1) is 0 Å². The molecule has 0 saturated heterocycles. The lowest BCUT2D eigenvalue weighted by Crippen LogP contribution is -2.21. The second kappa shape index (κ2) is 21.7. The third kappa shape index (κ3) is 15.1. The summed E-state index contributed by atoms with van der Waals surface area (Å²) in [7, 11) is 0. The van der Waals surface area contributed by atoms with Gasteiger partial charge in [0.15, 0.2) is 0 Å². The normalized spacial score (nSPS) is 13.7. The van der Waals surface area contributed by atoms with Crippen molar-refractivity contribution in [3.63, 3.8) is 0 Å². The van der Waals surface area contributed by atoms with Crippen molar-refractivity contribution in [3.05, 3.63) is 59.7 Å². The third-order valence-electron chi connectivity index (χ3n) is 6.72. The van der Waals surface area contributed by atoms with E-state index < -0.39 is 0 Å². The Kier molecular flexibility index (Phi) is 19.5. The first kappa shape index (κ1) is 34.2. The number of ether oxygens (including phenoxy) is 2. The van der Waals surface area contributed by atoms with Gasteiger partial charge >= 0.3 is 0 Å². The van der Waals surface area contributed by atoms with E-state index >= 15 is 0 Å². The van der Waals surface area contributed by atoms with E-state index in [1.807, 2.05) is 19.1 Å². The molecular weight excluding hydrogens is 736 g/mol. The molecule has 2 nitrogen and oxygen atoms in total. The summed E-state index contributed by atoms with van der Waals surface area (Å²) in [6.07, 6.45) is 16.9. The molecule has 0 fully saturated rings. The zero-order valence-corrected chi connectivity index (χ0v) is 29.3. The zero-order valence-electron chi connectivity index (χ0n) is 23.0. The van der Waals surface area contributed by atoms with Crippen LogP contribution in [0.15, 0.2) is 48.5 Å². The van der Waals surface area contributed by atoms with Crippen LogP contribution in [0.3, 0.4) is 0 Å². The monoisotopic (exact) mass is 778 g/mol. The summed E-state index contributed by atoms with van der Waals surface area (Å²) in [4.78, 5) is 0.918. The molecule has 0 saturated carbocycles. The highest BCUT2D eigenvalue weighted by atomic mass is 79.9. The molecule has 0 N–H and O–H groups in total. The van der Waals surface area contributed by atoms with Gasteiger partial charge in [0.1, 0.15) is 11.5 Å². The van der Waals surface area contributed by atoms with E-state index in [0.29, 0.717) is 9.65 Å².